The van der Waals surface area contributed by atoms with E-state index in [2.05, 4.69) is 15.8 Å². The highest BCUT2D eigenvalue weighted by Crippen LogP contribution is 2.11. The SMILES string of the molecule is COc1ccc(CCNCC(=O)Nc2cc(C)on2)cc1. The van der Waals surface area contributed by atoms with Crippen LogP contribution in [0.4, 0.5) is 5.82 Å². The Bertz CT molecular complexity index is 578. The van der Waals surface area contributed by atoms with Crippen LogP contribution in [0.1, 0.15) is 11.3 Å². The Hall–Kier alpha value is -2.34. The first-order valence-corrected chi connectivity index (χ1v) is 6.74. The average molecular weight is 289 g/mol. The van der Waals surface area contributed by atoms with Gasteiger partial charge in [0.05, 0.1) is 13.7 Å². The van der Waals surface area contributed by atoms with Gasteiger partial charge in [-0.3, -0.25) is 4.79 Å². The van der Waals surface area contributed by atoms with Crippen LogP contribution in [0.2, 0.25) is 0 Å². The van der Waals surface area contributed by atoms with Gasteiger partial charge in [0, 0.05) is 6.07 Å². The molecule has 0 radical (unpaired) electrons. The topological polar surface area (TPSA) is 76.4 Å². The maximum absolute atomic E-state index is 11.6. The summed E-state index contributed by atoms with van der Waals surface area (Å²) in [6.45, 7) is 2.73. The lowest BCUT2D eigenvalue weighted by Crippen LogP contribution is -2.29. The van der Waals surface area contributed by atoms with Crippen molar-refractivity contribution in [3.05, 3.63) is 41.7 Å². The molecule has 1 amide bonds. The van der Waals surface area contributed by atoms with E-state index in [4.69, 9.17) is 9.26 Å². The molecule has 6 heteroatoms. The minimum atomic E-state index is -0.141. The summed E-state index contributed by atoms with van der Waals surface area (Å²) in [5.74, 6) is 1.80. The van der Waals surface area contributed by atoms with Gasteiger partial charge in [0.1, 0.15) is 11.5 Å². The predicted molar refractivity (Wildman–Crippen MR) is 79.4 cm³/mol. The number of hydrogen-bond donors (Lipinski definition) is 2. The monoisotopic (exact) mass is 289 g/mol. The molecule has 0 fully saturated rings. The fourth-order valence-electron chi connectivity index (χ4n) is 1.84. The van der Waals surface area contributed by atoms with Crippen molar-refractivity contribution in [2.24, 2.45) is 0 Å². The average Bonchev–Trinajstić information content (AvgIpc) is 2.89. The van der Waals surface area contributed by atoms with Crippen LogP contribution >= 0.6 is 0 Å². The molecule has 0 saturated carbocycles. The van der Waals surface area contributed by atoms with Gasteiger partial charge in [-0.25, -0.2) is 0 Å². The van der Waals surface area contributed by atoms with E-state index in [1.165, 1.54) is 5.56 Å². The highest BCUT2D eigenvalue weighted by molar-refractivity contribution is 5.91. The number of benzene rings is 1. The number of aryl methyl sites for hydroxylation is 1. The Balaban J connectivity index is 1.65. The molecule has 0 unspecified atom stereocenters. The molecule has 0 aliphatic heterocycles. The third-order valence-electron chi connectivity index (χ3n) is 2.93. The van der Waals surface area contributed by atoms with E-state index in [-0.39, 0.29) is 12.5 Å². The smallest absolute Gasteiger partial charge is 0.239 e. The second-order valence-corrected chi connectivity index (χ2v) is 4.65. The molecule has 1 aromatic heterocycles. The van der Waals surface area contributed by atoms with Crippen molar-refractivity contribution in [2.45, 2.75) is 13.3 Å². The number of rotatable bonds is 7. The molecule has 0 saturated heterocycles. The van der Waals surface area contributed by atoms with Crippen molar-refractivity contribution in [2.75, 3.05) is 25.5 Å². The largest absolute Gasteiger partial charge is 0.497 e. The van der Waals surface area contributed by atoms with E-state index in [9.17, 15) is 4.79 Å². The quantitative estimate of drug-likeness (QED) is 0.760. The zero-order valence-electron chi connectivity index (χ0n) is 12.2. The summed E-state index contributed by atoms with van der Waals surface area (Å²) in [6, 6.07) is 9.55. The summed E-state index contributed by atoms with van der Waals surface area (Å²) in [4.78, 5) is 11.6. The number of ether oxygens (including phenoxy) is 1. The lowest BCUT2D eigenvalue weighted by atomic mass is 10.1. The molecular weight excluding hydrogens is 270 g/mol. The molecule has 112 valence electrons. The van der Waals surface area contributed by atoms with Gasteiger partial charge in [-0.1, -0.05) is 17.3 Å². The number of carbonyl (C=O) groups is 1. The second-order valence-electron chi connectivity index (χ2n) is 4.65. The van der Waals surface area contributed by atoms with Crippen LogP contribution in [0, 0.1) is 6.92 Å². The van der Waals surface area contributed by atoms with E-state index < -0.39 is 0 Å². The summed E-state index contributed by atoms with van der Waals surface area (Å²) in [5.41, 5.74) is 1.19. The van der Waals surface area contributed by atoms with Crippen LogP contribution in [0.5, 0.6) is 5.75 Å². The molecule has 0 bridgehead atoms. The number of carbonyl (C=O) groups excluding carboxylic acids is 1. The predicted octanol–water partition coefficient (Wildman–Crippen LogP) is 1.76. The lowest BCUT2D eigenvalue weighted by Gasteiger charge is -2.05. The molecule has 1 heterocycles. The Morgan fingerprint density at radius 1 is 1.33 bits per heavy atom. The van der Waals surface area contributed by atoms with Crippen molar-refractivity contribution in [3.63, 3.8) is 0 Å². The van der Waals surface area contributed by atoms with Crippen LogP contribution in [0.15, 0.2) is 34.9 Å². The fraction of sp³-hybridized carbons (Fsp3) is 0.333. The second kappa shape index (κ2) is 7.44. The highest BCUT2D eigenvalue weighted by atomic mass is 16.5. The van der Waals surface area contributed by atoms with Gasteiger partial charge in [0.25, 0.3) is 0 Å². The molecule has 2 aromatic rings. The van der Waals surface area contributed by atoms with E-state index >= 15 is 0 Å². The standard InChI is InChI=1S/C15H19N3O3/c1-11-9-14(18-21-11)17-15(19)10-16-8-7-12-3-5-13(20-2)6-4-12/h3-6,9,16H,7-8,10H2,1-2H3,(H,17,18,19). The molecule has 0 spiro atoms. The Labute approximate surface area is 123 Å². The zero-order chi connectivity index (χ0) is 15.1. The van der Waals surface area contributed by atoms with Crippen LogP contribution in [-0.2, 0) is 11.2 Å². The van der Waals surface area contributed by atoms with Crippen LogP contribution in [-0.4, -0.2) is 31.3 Å². The number of nitrogens with one attached hydrogen (secondary N) is 2. The molecular formula is C15H19N3O3. The summed E-state index contributed by atoms with van der Waals surface area (Å²) >= 11 is 0. The van der Waals surface area contributed by atoms with Crippen molar-refractivity contribution >= 4 is 11.7 Å². The number of amides is 1. The molecule has 21 heavy (non-hydrogen) atoms. The highest BCUT2D eigenvalue weighted by Gasteiger charge is 2.05. The summed E-state index contributed by atoms with van der Waals surface area (Å²) in [6.07, 6.45) is 0.848. The minimum absolute atomic E-state index is 0.141. The first-order valence-electron chi connectivity index (χ1n) is 6.74. The summed E-state index contributed by atoms with van der Waals surface area (Å²) in [7, 11) is 1.64. The van der Waals surface area contributed by atoms with Gasteiger partial charge < -0.3 is 19.9 Å². The normalized spacial score (nSPS) is 10.4. The van der Waals surface area contributed by atoms with E-state index in [1.54, 1.807) is 20.1 Å². The van der Waals surface area contributed by atoms with Crippen molar-refractivity contribution in [1.82, 2.24) is 10.5 Å². The third kappa shape index (κ3) is 4.92. The molecule has 2 N–H and O–H groups in total. The maximum Gasteiger partial charge on any atom is 0.239 e. The zero-order valence-corrected chi connectivity index (χ0v) is 12.2. The van der Waals surface area contributed by atoms with E-state index in [0.29, 0.717) is 11.6 Å². The minimum Gasteiger partial charge on any atom is -0.497 e. The molecule has 1 aromatic carbocycles. The van der Waals surface area contributed by atoms with Gasteiger partial charge in [-0.2, -0.15) is 0 Å². The van der Waals surface area contributed by atoms with Gasteiger partial charge >= 0.3 is 0 Å². The van der Waals surface area contributed by atoms with Crippen LogP contribution in [0.3, 0.4) is 0 Å². The van der Waals surface area contributed by atoms with Gasteiger partial charge in [0.15, 0.2) is 5.82 Å². The maximum atomic E-state index is 11.6. The first kappa shape index (κ1) is 15.1. The van der Waals surface area contributed by atoms with Gasteiger partial charge in [-0.05, 0) is 37.6 Å². The number of aromatic nitrogens is 1. The molecule has 6 nitrogen and oxygen atoms in total. The van der Waals surface area contributed by atoms with Crippen molar-refractivity contribution in [1.29, 1.82) is 0 Å². The van der Waals surface area contributed by atoms with Gasteiger partial charge in [0.2, 0.25) is 5.91 Å². The Kier molecular flexibility index (Phi) is 5.34. The number of methoxy groups -OCH3 is 1. The van der Waals surface area contributed by atoms with Crippen molar-refractivity contribution < 1.29 is 14.1 Å². The molecule has 2 rings (SSSR count). The fourth-order valence-corrected chi connectivity index (χ4v) is 1.84. The molecule has 0 atom stereocenters. The lowest BCUT2D eigenvalue weighted by molar-refractivity contribution is -0.115. The van der Waals surface area contributed by atoms with Gasteiger partial charge in [-0.15, -0.1) is 0 Å². The third-order valence-corrected chi connectivity index (χ3v) is 2.93. The Morgan fingerprint density at radius 3 is 2.71 bits per heavy atom. The van der Waals surface area contributed by atoms with E-state index in [1.807, 2.05) is 24.3 Å². The number of anilines is 1. The van der Waals surface area contributed by atoms with E-state index in [0.717, 1.165) is 18.7 Å². The number of nitrogens with zero attached hydrogens (tertiary/aromatic N) is 1. The molecule has 0 aliphatic carbocycles. The van der Waals surface area contributed by atoms with Crippen LogP contribution < -0.4 is 15.4 Å². The summed E-state index contributed by atoms with van der Waals surface area (Å²) < 4.78 is 9.97. The van der Waals surface area contributed by atoms with Crippen molar-refractivity contribution in [3.8, 4) is 5.75 Å². The number of hydrogen-bond acceptors (Lipinski definition) is 5. The first-order chi connectivity index (χ1) is 10.2. The van der Waals surface area contributed by atoms with Crippen LogP contribution in [0.25, 0.3) is 0 Å². The molecule has 0 aliphatic rings. The summed E-state index contributed by atoms with van der Waals surface area (Å²) in [5, 5.41) is 9.44. The Morgan fingerprint density at radius 2 is 2.10 bits per heavy atom.